The van der Waals surface area contributed by atoms with Crippen molar-refractivity contribution >= 4 is 45.2 Å². The number of hydrogen-bond donors (Lipinski definition) is 0. The topological polar surface area (TPSA) is 0 Å². The third-order valence-electron chi connectivity index (χ3n) is 5.97. The summed E-state index contributed by atoms with van der Waals surface area (Å²) in [6, 6.07) is 6.00. The Labute approximate surface area is 155 Å². The van der Waals surface area contributed by atoms with Crippen LogP contribution in [0.3, 0.4) is 0 Å². The molecule has 0 aromatic heterocycles. The summed E-state index contributed by atoms with van der Waals surface area (Å²) in [5.41, 5.74) is 0.557. The van der Waals surface area contributed by atoms with Gasteiger partial charge in [-0.3, -0.25) is 0 Å². The molecule has 5 atom stereocenters. The van der Waals surface area contributed by atoms with Crippen LogP contribution in [0.5, 0.6) is 0 Å². The van der Waals surface area contributed by atoms with Crippen molar-refractivity contribution < 1.29 is 13.2 Å². The summed E-state index contributed by atoms with van der Waals surface area (Å²) in [5, 5.41) is 0. The fourth-order valence-corrected chi connectivity index (χ4v) is 8.59. The van der Waals surface area contributed by atoms with E-state index in [9.17, 15) is 13.2 Å². The Morgan fingerprint density at radius 3 is 1.91 bits per heavy atom. The van der Waals surface area contributed by atoms with Crippen molar-refractivity contribution in [3.05, 3.63) is 35.4 Å². The van der Waals surface area contributed by atoms with Crippen LogP contribution in [0.15, 0.2) is 24.3 Å². The van der Waals surface area contributed by atoms with Crippen LogP contribution in [0.25, 0.3) is 0 Å². The first-order valence-electron chi connectivity index (χ1n) is 7.78. The summed E-state index contributed by atoms with van der Waals surface area (Å²) < 4.78 is 38.6. The Morgan fingerprint density at radius 1 is 0.909 bits per heavy atom. The number of rotatable bonds is 1. The van der Waals surface area contributed by atoms with E-state index in [4.69, 9.17) is 0 Å². The molecule has 22 heavy (non-hydrogen) atoms. The predicted octanol–water partition coefficient (Wildman–Crippen LogP) is 6.35. The summed E-state index contributed by atoms with van der Waals surface area (Å²) in [6.07, 6.45) is 2.09. The number of benzene rings is 1. The minimum atomic E-state index is -4.25. The molecule has 3 unspecified atom stereocenters. The van der Waals surface area contributed by atoms with Gasteiger partial charge in [-0.05, 0) is 67.6 Å². The van der Waals surface area contributed by atoms with Gasteiger partial charge in [0.1, 0.15) is 0 Å². The van der Waals surface area contributed by atoms with E-state index >= 15 is 0 Å². The molecule has 120 valence electrons. The molecule has 1 aromatic carbocycles. The lowest BCUT2D eigenvalue weighted by molar-refractivity contribution is -0.137. The summed E-state index contributed by atoms with van der Waals surface area (Å²) in [5.74, 6) is 2.30. The highest BCUT2D eigenvalue weighted by Gasteiger charge is 2.64. The maximum absolute atomic E-state index is 12.8. The molecule has 0 heterocycles. The maximum atomic E-state index is 12.8. The van der Waals surface area contributed by atoms with E-state index in [1.54, 1.807) is 12.1 Å². The van der Waals surface area contributed by atoms with E-state index in [2.05, 4.69) is 45.2 Å². The van der Waals surface area contributed by atoms with Crippen molar-refractivity contribution in [2.75, 3.05) is 0 Å². The third kappa shape index (κ3) is 2.19. The molecule has 0 radical (unpaired) electrons. The average molecular weight is 532 g/mol. The highest BCUT2D eigenvalue weighted by Crippen LogP contribution is 2.70. The van der Waals surface area contributed by atoms with Crippen LogP contribution in [0, 0.1) is 17.8 Å². The molecule has 4 saturated carbocycles. The van der Waals surface area contributed by atoms with Crippen molar-refractivity contribution in [1.29, 1.82) is 0 Å². The van der Waals surface area contributed by atoms with Gasteiger partial charge in [0, 0.05) is 3.42 Å². The standard InChI is InChI=1S/C17H17F3I2/c18-17(19,20)13-3-1-12(2-4-13)16(22)14-6-10-5-11(7-14)9-15(16,21)8-10/h1-4,10-11,14H,5-9H2/t10-,11+,14?,15?,16?. The predicted molar refractivity (Wildman–Crippen MR) is 97.4 cm³/mol. The summed E-state index contributed by atoms with van der Waals surface area (Å²) >= 11 is 5.23. The van der Waals surface area contributed by atoms with Gasteiger partial charge in [-0.15, -0.1) is 0 Å². The zero-order valence-electron chi connectivity index (χ0n) is 12.0. The van der Waals surface area contributed by atoms with Gasteiger partial charge in [0.2, 0.25) is 0 Å². The van der Waals surface area contributed by atoms with Crippen LogP contribution >= 0.6 is 45.2 Å². The molecule has 5 heteroatoms. The smallest absolute Gasteiger partial charge is 0.166 e. The molecule has 0 N–H and O–H groups in total. The highest BCUT2D eigenvalue weighted by atomic mass is 127. The molecular formula is C17H17F3I2. The van der Waals surface area contributed by atoms with Gasteiger partial charge in [0.15, 0.2) is 0 Å². The van der Waals surface area contributed by atoms with Gasteiger partial charge < -0.3 is 0 Å². The monoisotopic (exact) mass is 532 g/mol. The largest absolute Gasteiger partial charge is 0.416 e. The minimum Gasteiger partial charge on any atom is -0.166 e. The molecule has 4 aliphatic rings. The maximum Gasteiger partial charge on any atom is 0.416 e. The van der Waals surface area contributed by atoms with Crippen molar-refractivity contribution in [3.63, 3.8) is 0 Å². The second-order valence-corrected chi connectivity index (χ2v) is 11.1. The van der Waals surface area contributed by atoms with Crippen LogP contribution in [-0.2, 0) is 9.60 Å². The SMILES string of the molecule is FC(F)(F)c1ccc(C2(I)C3C[C@@H]4C[C@H](C3)CC2(I)C4)cc1. The molecule has 0 saturated heterocycles. The van der Waals surface area contributed by atoms with E-state index in [1.165, 1.54) is 44.2 Å². The Bertz CT molecular complexity index is 581. The molecule has 0 nitrogen and oxygen atoms in total. The first-order chi connectivity index (χ1) is 10.2. The fraction of sp³-hybridized carbons (Fsp3) is 0.647. The van der Waals surface area contributed by atoms with Crippen molar-refractivity contribution in [1.82, 2.24) is 0 Å². The average Bonchev–Trinajstić information content (AvgIpc) is 2.42. The molecule has 4 aliphatic carbocycles. The highest BCUT2D eigenvalue weighted by molar-refractivity contribution is 14.1. The Balaban J connectivity index is 1.74. The van der Waals surface area contributed by atoms with Crippen LogP contribution in [-0.4, -0.2) is 3.42 Å². The Morgan fingerprint density at radius 2 is 1.45 bits per heavy atom. The van der Waals surface area contributed by atoms with Crippen molar-refractivity contribution in [2.45, 2.75) is 45.1 Å². The van der Waals surface area contributed by atoms with Crippen LogP contribution < -0.4 is 0 Å². The molecule has 4 fully saturated rings. The lowest BCUT2D eigenvalue weighted by Crippen LogP contribution is -2.60. The Kier molecular flexibility index (Phi) is 3.62. The minimum absolute atomic E-state index is 0.0110. The van der Waals surface area contributed by atoms with Crippen LogP contribution in [0.1, 0.15) is 43.2 Å². The first kappa shape index (κ1) is 16.0. The van der Waals surface area contributed by atoms with Gasteiger partial charge in [-0.2, -0.15) is 13.2 Å². The van der Waals surface area contributed by atoms with Crippen LogP contribution in [0.4, 0.5) is 13.2 Å². The molecule has 0 aliphatic heterocycles. The fourth-order valence-electron chi connectivity index (χ4n) is 5.28. The number of halogens is 5. The molecule has 4 bridgehead atoms. The lowest BCUT2D eigenvalue weighted by Gasteiger charge is -2.63. The van der Waals surface area contributed by atoms with Crippen LogP contribution in [0.2, 0.25) is 0 Å². The number of hydrogen-bond acceptors (Lipinski definition) is 0. The lowest BCUT2D eigenvalue weighted by atomic mass is 9.50. The zero-order chi connectivity index (χ0) is 15.8. The van der Waals surface area contributed by atoms with Gasteiger partial charge in [-0.1, -0.05) is 57.3 Å². The second-order valence-electron chi connectivity index (χ2n) is 7.30. The molecule has 1 aromatic rings. The van der Waals surface area contributed by atoms with E-state index in [-0.39, 0.29) is 6.84 Å². The van der Waals surface area contributed by atoms with E-state index in [0.717, 1.165) is 17.4 Å². The van der Waals surface area contributed by atoms with Crippen molar-refractivity contribution in [3.8, 4) is 0 Å². The molecule has 0 amide bonds. The molecular weight excluding hydrogens is 515 g/mol. The normalized spacial score (nSPS) is 43.6. The zero-order valence-corrected chi connectivity index (χ0v) is 16.3. The number of alkyl halides is 5. The first-order valence-corrected chi connectivity index (χ1v) is 9.94. The van der Waals surface area contributed by atoms with Gasteiger partial charge >= 0.3 is 6.18 Å². The van der Waals surface area contributed by atoms with E-state index < -0.39 is 11.7 Å². The van der Waals surface area contributed by atoms with Gasteiger partial charge in [0.05, 0.1) is 8.99 Å². The summed E-state index contributed by atoms with van der Waals surface area (Å²) in [4.78, 5) is 0. The van der Waals surface area contributed by atoms with Crippen molar-refractivity contribution in [2.24, 2.45) is 17.8 Å². The summed E-state index contributed by atoms with van der Waals surface area (Å²) in [6.45, 7) is 0. The molecule has 0 spiro atoms. The third-order valence-corrected chi connectivity index (χ3v) is 11.3. The Hall–Kier alpha value is 0.470. The van der Waals surface area contributed by atoms with Gasteiger partial charge in [-0.25, -0.2) is 0 Å². The second kappa shape index (κ2) is 4.99. The van der Waals surface area contributed by atoms with E-state index in [0.29, 0.717) is 5.92 Å². The van der Waals surface area contributed by atoms with E-state index in [1.807, 2.05) is 0 Å². The van der Waals surface area contributed by atoms with Gasteiger partial charge in [0.25, 0.3) is 0 Å². The summed E-state index contributed by atoms with van der Waals surface area (Å²) in [7, 11) is 0. The molecule has 5 rings (SSSR count). The quantitative estimate of drug-likeness (QED) is 0.292.